The number of thioether (sulfide) groups is 1. The Labute approximate surface area is 181 Å². The van der Waals surface area contributed by atoms with E-state index in [-0.39, 0.29) is 28.7 Å². The van der Waals surface area contributed by atoms with Crippen molar-refractivity contribution in [3.05, 3.63) is 0 Å². The molecular formula is C19H38IN3O2S. The van der Waals surface area contributed by atoms with Gasteiger partial charge < -0.3 is 20.1 Å². The van der Waals surface area contributed by atoms with Gasteiger partial charge in [0, 0.05) is 38.1 Å². The number of ether oxygens (including phenoxy) is 2. The van der Waals surface area contributed by atoms with Gasteiger partial charge in [0.25, 0.3) is 0 Å². The molecule has 2 N–H and O–H groups in total. The summed E-state index contributed by atoms with van der Waals surface area (Å²) in [6, 6.07) is 0. The van der Waals surface area contributed by atoms with Gasteiger partial charge >= 0.3 is 0 Å². The zero-order chi connectivity index (χ0) is 17.8. The predicted octanol–water partition coefficient (Wildman–Crippen LogP) is 3.81. The zero-order valence-corrected chi connectivity index (χ0v) is 19.7. The summed E-state index contributed by atoms with van der Waals surface area (Å²) in [4.78, 5) is 4.36. The van der Waals surface area contributed by atoms with Crippen LogP contribution < -0.4 is 10.6 Å². The molecule has 7 heteroatoms. The molecule has 0 unspecified atom stereocenters. The van der Waals surface area contributed by atoms with Crippen LogP contribution in [0, 0.1) is 0 Å². The molecule has 0 amide bonds. The third kappa shape index (κ3) is 8.97. The fourth-order valence-electron chi connectivity index (χ4n) is 3.69. The quantitative estimate of drug-likeness (QED) is 0.175. The number of halogens is 1. The molecule has 26 heavy (non-hydrogen) atoms. The minimum Gasteiger partial charge on any atom is -0.381 e. The fraction of sp³-hybridized carbons (Fsp3) is 0.947. The van der Waals surface area contributed by atoms with Crippen LogP contribution in [0.4, 0.5) is 0 Å². The maximum atomic E-state index is 6.04. The van der Waals surface area contributed by atoms with Crippen LogP contribution in [0.3, 0.4) is 0 Å². The molecule has 154 valence electrons. The third-order valence-electron chi connectivity index (χ3n) is 5.21. The van der Waals surface area contributed by atoms with Crippen molar-refractivity contribution in [2.24, 2.45) is 4.99 Å². The number of rotatable bonds is 8. The van der Waals surface area contributed by atoms with Crippen molar-refractivity contribution >= 4 is 41.7 Å². The zero-order valence-electron chi connectivity index (χ0n) is 16.6. The summed E-state index contributed by atoms with van der Waals surface area (Å²) in [6.07, 6.45) is 10.5. The van der Waals surface area contributed by atoms with Gasteiger partial charge in [-0.2, -0.15) is 11.8 Å². The van der Waals surface area contributed by atoms with Crippen molar-refractivity contribution in [2.75, 3.05) is 45.7 Å². The molecule has 1 heterocycles. The Kier molecular flexibility index (Phi) is 13.4. The monoisotopic (exact) mass is 499 g/mol. The number of hydrogen-bond donors (Lipinski definition) is 2. The average molecular weight is 500 g/mol. The summed E-state index contributed by atoms with van der Waals surface area (Å²) in [7, 11) is 1.84. The normalized spacial score (nSPS) is 21.5. The standard InChI is InChI=1S/C19H37N3O2S.HI/c1-3-25-19(10-13-23-14-11-19)16-22-18(20-2)21-12-15-24-17-8-6-4-5-7-9-17;/h17H,3-16H2,1-2H3,(H2,20,21,22);1H. The van der Waals surface area contributed by atoms with E-state index in [2.05, 4.69) is 34.3 Å². The molecule has 0 bridgehead atoms. The molecular weight excluding hydrogens is 461 g/mol. The first kappa shape index (κ1) is 24.3. The molecule has 0 atom stereocenters. The second-order valence-electron chi connectivity index (χ2n) is 7.07. The van der Waals surface area contributed by atoms with Gasteiger partial charge in [0.2, 0.25) is 0 Å². The van der Waals surface area contributed by atoms with Crippen LogP contribution in [-0.4, -0.2) is 62.5 Å². The molecule has 5 nitrogen and oxygen atoms in total. The van der Waals surface area contributed by atoms with Gasteiger partial charge in [-0.15, -0.1) is 24.0 Å². The highest BCUT2D eigenvalue weighted by Crippen LogP contribution is 2.34. The highest BCUT2D eigenvalue weighted by atomic mass is 127. The summed E-state index contributed by atoms with van der Waals surface area (Å²) < 4.78 is 11.9. The smallest absolute Gasteiger partial charge is 0.191 e. The van der Waals surface area contributed by atoms with Crippen LogP contribution in [0.25, 0.3) is 0 Å². The van der Waals surface area contributed by atoms with Crippen LogP contribution in [0.5, 0.6) is 0 Å². The Morgan fingerprint density at radius 1 is 1.15 bits per heavy atom. The molecule has 1 aliphatic heterocycles. The lowest BCUT2D eigenvalue weighted by Crippen LogP contribution is -2.48. The minimum absolute atomic E-state index is 0. The molecule has 2 fully saturated rings. The molecule has 1 saturated carbocycles. The van der Waals surface area contributed by atoms with Crippen LogP contribution in [0.1, 0.15) is 58.3 Å². The maximum Gasteiger partial charge on any atom is 0.191 e. The van der Waals surface area contributed by atoms with Crippen LogP contribution in [0.15, 0.2) is 4.99 Å². The van der Waals surface area contributed by atoms with Crippen LogP contribution in [-0.2, 0) is 9.47 Å². The van der Waals surface area contributed by atoms with Gasteiger partial charge in [0.05, 0.1) is 12.7 Å². The fourth-order valence-corrected chi connectivity index (χ4v) is 4.93. The Morgan fingerprint density at radius 3 is 2.46 bits per heavy atom. The van der Waals surface area contributed by atoms with Gasteiger partial charge in [-0.05, 0) is 31.4 Å². The summed E-state index contributed by atoms with van der Waals surface area (Å²) in [5.74, 6) is 2.02. The third-order valence-corrected chi connectivity index (χ3v) is 6.66. The Morgan fingerprint density at radius 2 is 1.85 bits per heavy atom. The van der Waals surface area contributed by atoms with E-state index in [4.69, 9.17) is 9.47 Å². The van der Waals surface area contributed by atoms with Gasteiger partial charge in [0.15, 0.2) is 5.96 Å². The highest BCUT2D eigenvalue weighted by Gasteiger charge is 2.32. The van der Waals surface area contributed by atoms with E-state index < -0.39 is 0 Å². The lowest BCUT2D eigenvalue weighted by Gasteiger charge is -2.37. The molecule has 1 aliphatic carbocycles. The second kappa shape index (κ2) is 14.3. The Bertz CT molecular complexity index is 379. The average Bonchev–Trinajstić information content (AvgIpc) is 2.91. The first-order chi connectivity index (χ1) is 12.3. The van der Waals surface area contributed by atoms with Crippen molar-refractivity contribution in [3.63, 3.8) is 0 Å². The van der Waals surface area contributed by atoms with E-state index in [9.17, 15) is 0 Å². The number of guanidine groups is 1. The summed E-state index contributed by atoms with van der Waals surface area (Å²) in [5.41, 5.74) is 0. The lowest BCUT2D eigenvalue weighted by molar-refractivity contribution is 0.0468. The van der Waals surface area contributed by atoms with E-state index in [1.807, 2.05) is 7.05 Å². The molecule has 2 aliphatic rings. The number of hydrogen-bond acceptors (Lipinski definition) is 4. The van der Waals surface area contributed by atoms with Gasteiger partial charge in [0.1, 0.15) is 0 Å². The molecule has 0 aromatic heterocycles. The number of aliphatic imine (C=N–C) groups is 1. The van der Waals surface area contributed by atoms with Crippen molar-refractivity contribution in [3.8, 4) is 0 Å². The van der Waals surface area contributed by atoms with Crippen LogP contribution >= 0.6 is 35.7 Å². The van der Waals surface area contributed by atoms with Crippen molar-refractivity contribution in [1.82, 2.24) is 10.6 Å². The predicted molar refractivity (Wildman–Crippen MR) is 123 cm³/mol. The first-order valence-corrected chi connectivity index (χ1v) is 11.0. The van der Waals surface area contributed by atoms with E-state index in [1.54, 1.807) is 0 Å². The maximum absolute atomic E-state index is 6.04. The second-order valence-corrected chi connectivity index (χ2v) is 8.80. The molecule has 2 rings (SSSR count). The Hall–Kier alpha value is 0.270. The van der Waals surface area contributed by atoms with Crippen LogP contribution in [0.2, 0.25) is 0 Å². The Balaban J connectivity index is 0.00000338. The molecule has 1 saturated heterocycles. The summed E-state index contributed by atoms with van der Waals surface area (Å²) in [6.45, 7) is 6.49. The number of nitrogens with zero attached hydrogens (tertiary/aromatic N) is 1. The largest absolute Gasteiger partial charge is 0.381 e. The van der Waals surface area contributed by atoms with Gasteiger partial charge in [-0.3, -0.25) is 4.99 Å². The molecule has 0 aromatic rings. The van der Waals surface area contributed by atoms with Gasteiger partial charge in [-0.25, -0.2) is 0 Å². The van der Waals surface area contributed by atoms with E-state index in [0.29, 0.717) is 6.10 Å². The minimum atomic E-state index is 0. The SMILES string of the molecule is CCSC1(CNC(=NC)NCCOC2CCCCCC2)CCOCC1.I. The highest BCUT2D eigenvalue weighted by molar-refractivity contribution is 14.0. The first-order valence-electron chi connectivity index (χ1n) is 10.1. The number of nitrogens with one attached hydrogen (secondary N) is 2. The summed E-state index contributed by atoms with van der Waals surface area (Å²) in [5, 5.41) is 6.92. The lowest BCUT2D eigenvalue weighted by atomic mass is 9.99. The molecule has 0 radical (unpaired) electrons. The van der Waals surface area contributed by atoms with Crippen molar-refractivity contribution in [2.45, 2.75) is 69.1 Å². The van der Waals surface area contributed by atoms with E-state index in [1.165, 1.54) is 38.5 Å². The van der Waals surface area contributed by atoms with Crippen molar-refractivity contribution < 1.29 is 9.47 Å². The molecule has 0 spiro atoms. The summed E-state index contributed by atoms with van der Waals surface area (Å²) >= 11 is 2.05. The van der Waals surface area contributed by atoms with Gasteiger partial charge in [-0.1, -0.05) is 32.6 Å². The molecule has 0 aromatic carbocycles. The van der Waals surface area contributed by atoms with Crippen molar-refractivity contribution in [1.29, 1.82) is 0 Å². The topological polar surface area (TPSA) is 54.9 Å². The van der Waals surface area contributed by atoms with E-state index in [0.717, 1.165) is 57.5 Å². The van der Waals surface area contributed by atoms with E-state index >= 15 is 0 Å².